The van der Waals surface area contributed by atoms with E-state index in [-0.39, 0.29) is 12.1 Å². The number of halogens is 1. The highest BCUT2D eigenvalue weighted by Gasteiger charge is 2.27. The molecular formula is C14H20IN3O2. The maximum Gasteiger partial charge on any atom is 0.407 e. The van der Waals surface area contributed by atoms with Crippen LogP contribution in [0.25, 0.3) is 0 Å². The average molecular weight is 389 g/mol. The Balaban J connectivity index is 1.90. The van der Waals surface area contributed by atoms with Crippen LogP contribution in [-0.4, -0.2) is 35.8 Å². The molecule has 1 amide bonds. The highest BCUT2D eigenvalue weighted by molar-refractivity contribution is 14.1. The first kappa shape index (κ1) is 15.3. The summed E-state index contributed by atoms with van der Waals surface area (Å²) >= 11 is 2.28. The molecule has 1 saturated heterocycles. The van der Waals surface area contributed by atoms with Crippen LogP contribution in [0.2, 0.25) is 0 Å². The van der Waals surface area contributed by atoms with Crippen molar-refractivity contribution in [2.24, 2.45) is 0 Å². The monoisotopic (exact) mass is 389 g/mol. The lowest BCUT2D eigenvalue weighted by Crippen LogP contribution is -2.40. The summed E-state index contributed by atoms with van der Waals surface area (Å²) < 4.78 is 6.41. The van der Waals surface area contributed by atoms with Crippen molar-refractivity contribution in [3.05, 3.63) is 21.9 Å². The molecule has 1 atom stereocenters. The van der Waals surface area contributed by atoms with Crippen LogP contribution in [0.15, 0.2) is 18.3 Å². The number of carbonyl (C=O) groups is 1. The van der Waals surface area contributed by atoms with E-state index in [0.29, 0.717) is 0 Å². The van der Waals surface area contributed by atoms with E-state index in [9.17, 15) is 4.79 Å². The van der Waals surface area contributed by atoms with Gasteiger partial charge in [0.15, 0.2) is 0 Å². The first-order valence-electron chi connectivity index (χ1n) is 6.70. The Morgan fingerprint density at radius 3 is 2.95 bits per heavy atom. The number of pyridine rings is 1. The summed E-state index contributed by atoms with van der Waals surface area (Å²) in [7, 11) is 0. The summed E-state index contributed by atoms with van der Waals surface area (Å²) in [5.41, 5.74) is -0.460. The molecule has 1 fully saturated rings. The number of nitrogens with one attached hydrogen (secondary N) is 1. The molecule has 0 aromatic carbocycles. The third-order valence-corrected chi connectivity index (χ3v) is 3.79. The van der Waals surface area contributed by atoms with E-state index in [4.69, 9.17) is 4.74 Å². The number of hydrogen-bond donors (Lipinski definition) is 1. The molecule has 0 radical (unpaired) electrons. The largest absolute Gasteiger partial charge is 0.444 e. The van der Waals surface area contributed by atoms with E-state index >= 15 is 0 Å². The topological polar surface area (TPSA) is 54.5 Å². The fourth-order valence-electron chi connectivity index (χ4n) is 2.15. The van der Waals surface area contributed by atoms with Crippen LogP contribution in [0.5, 0.6) is 0 Å². The minimum Gasteiger partial charge on any atom is -0.444 e. The van der Waals surface area contributed by atoms with E-state index in [2.05, 4.69) is 37.8 Å². The predicted molar refractivity (Wildman–Crippen MR) is 86.9 cm³/mol. The molecule has 0 aliphatic carbocycles. The Labute approximate surface area is 133 Å². The number of nitrogens with zero attached hydrogens (tertiary/aromatic N) is 2. The summed E-state index contributed by atoms with van der Waals surface area (Å²) in [6.45, 7) is 7.26. The number of hydrogen-bond acceptors (Lipinski definition) is 4. The molecule has 0 bridgehead atoms. The molecule has 1 aromatic rings. The summed E-state index contributed by atoms with van der Waals surface area (Å²) in [4.78, 5) is 18.4. The number of alkyl carbamates (subject to hydrolysis) is 1. The maximum atomic E-state index is 11.8. The fourth-order valence-corrected chi connectivity index (χ4v) is 2.84. The van der Waals surface area contributed by atoms with Gasteiger partial charge in [0.2, 0.25) is 0 Å². The van der Waals surface area contributed by atoms with E-state index in [1.54, 1.807) is 6.20 Å². The number of anilines is 1. The van der Waals surface area contributed by atoms with Crippen molar-refractivity contribution in [2.75, 3.05) is 18.0 Å². The quantitative estimate of drug-likeness (QED) is 0.791. The highest BCUT2D eigenvalue weighted by atomic mass is 127. The van der Waals surface area contributed by atoms with Crippen LogP contribution >= 0.6 is 22.6 Å². The molecular weight excluding hydrogens is 369 g/mol. The smallest absolute Gasteiger partial charge is 0.407 e. The fraction of sp³-hybridized carbons (Fsp3) is 0.571. The number of rotatable bonds is 2. The molecule has 110 valence electrons. The number of aromatic nitrogens is 1. The van der Waals surface area contributed by atoms with Crippen molar-refractivity contribution in [1.29, 1.82) is 0 Å². The molecule has 0 spiro atoms. The van der Waals surface area contributed by atoms with Crippen molar-refractivity contribution in [3.63, 3.8) is 0 Å². The molecule has 1 aromatic heterocycles. The lowest BCUT2D eigenvalue weighted by atomic mass is 10.2. The van der Waals surface area contributed by atoms with Crippen LogP contribution in [0.1, 0.15) is 27.2 Å². The number of amides is 1. The SMILES string of the molecule is CC(C)(C)OC(=O)NC1CCN(c2ncccc2I)C1. The predicted octanol–water partition coefficient (Wildman–Crippen LogP) is 2.79. The van der Waals surface area contributed by atoms with Gasteiger partial charge in [-0.2, -0.15) is 0 Å². The van der Waals surface area contributed by atoms with Crippen molar-refractivity contribution < 1.29 is 9.53 Å². The first-order valence-corrected chi connectivity index (χ1v) is 7.78. The molecule has 1 aliphatic rings. The zero-order chi connectivity index (χ0) is 14.8. The van der Waals surface area contributed by atoms with Gasteiger partial charge in [-0.15, -0.1) is 0 Å². The van der Waals surface area contributed by atoms with Gasteiger partial charge in [-0.05, 0) is 61.9 Å². The summed E-state index contributed by atoms with van der Waals surface area (Å²) in [6.07, 6.45) is 2.36. The van der Waals surface area contributed by atoms with E-state index < -0.39 is 5.60 Å². The van der Waals surface area contributed by atoms with Gasteiger partial charge in [-0.1, -0.05) is 0 Å². The van der Waals surface area contributed by atoms with Gasteiger partial charge in [-0.25, -0.2) is 9.78 Å². The Hall–Kier alpha value is -1.05. The van der Waals surface area contributed by atoms with Crippen molar-refractivity contribution >= 4 is 34.5 Å². The van der Waals surface area contributed by atoms with Gasteiger partial charge < -0.3 is 15.0 Å². The Morgan fingerprint density at radius 2 is 2.30 bits per heavy atom. The molecule has 2 heterocycles. The lowest BCUT2D eigenvalue weighted by Gasteiger charge is -2.22. The van der Waals surface area contributed by atoms with Crippen molar-refractivity contribution in [2.45, 2.75) is 38.8 Å². The lowest BCUT2D eigenvalue weighted by molar-refractivity contribution is 0.0509. The van der Waals surface area contributed by atoms with Crippen LogP contribution in [-0.2, 0) is 4.74 Å². The Kier molecular flexibility index (Phi) is 4.72. The minimum atomic E-state index is -0.460. The third-order valence-electron chi connectivity index (χ3n) is 2.95. The van der Waals surface area contributed by atoms with Gasteiger partial charge in [0.25, 0.3) is 0 Å². The van der Waals surface area contributed by atoms with Crippen LogP contribution in [0, 0.1) is 3.57 Å². The molecule has 1 unspecified atom stereocenters. The first-order chi connectivity index (χ1) is 9.35. The molecule has 2 rings (SSSR count). The Morgan fingerprint density at radius 1 is 1.55 bits per heavy atom. The summed E-state index contributed by atoms with van der Waals surface area (Å²) in [5.74, 6) is 0.988. The molecule has 1 N–H and O–H groups in total. The molecule has 6 heteroatoms. The standard InChI is InChI=1S/C14H20IN3O2/c1-14(2,3)20-13(19)17-10-6-8-18(9-10)12-11(15)5-4-7-16-12/h4-5,7,10H,6,8-9H2,1-3H3,(H,17,19). The zero-order valence-electron chi connectivity index (χ0n) is 12.0. The summed E-state index contributed by atoms with van der Waals surface area (Å²) in [6, 6.07) is 4.08. The second-order valence-corrected chi connectivity index (χ2v) is 7.05. The van der Waals surface area contributed by atoms with Gasteiger partial charge in [-0.3, -0.25) is 0 Å². The van der Waals surface area contributed by atoms with E-state index in [0.717, 1.165) is 28.9 Å². The van der Waals surface area contributed by atoms with Gasteiger partial charge in [0.1, 0.15) is 11.4 Å². The molecule has 5 nitrogen and oxygen atoms in total. The van der Waals surface area contributed by atoms with Gasteiger partial charge in [0, 0.05) is 19.3 Å². The molecule has 1 aliphatic heterocycles. The van der Waals surface area contributed by atoms with Crippen LogP contribution < -0.4 is 10.2 Å². The van der Waals surface area contributed by atoms with Crippen molar-refractivity contribution in [3.8, 4) is 0 Å². The normalized spacial score (nSPS) is 19.0. The second-order valence-electron chi connectivity index (χ2n) is 5.89. The third kappa shape index (κ3) is 4.22. The Bertz CT molecular complexity index is 488. The number of ether oxygens (including phenoxy) is 1. The maximum absolute atomic E-state index is 11.8. The van der Waals surface area contributed by atoms with E-state index in [1.165, 1.54) is 0 Å². The van der Waals surface area contributed by atoms with Crippen LogP contribution in [0.3, 0.4) is 0 Å². The van der Waals surface area contributed by atoms with Crippen LogP contribution in [0.4, 0.5) is 10.6 Å². The number of carbonyl (C=O) groups excluding carboxylic acids is 1. The highest BCUT2D eigenvalue weighted by Crippen LogP contribution is 2.23. The average Bonchev–Trinajstić information content (AvgIpc) is 2.75. The van der Waals surface area contributed by atoms with Crippen molar-refractivity contribution in [1.82, 2.24) is 10.3 Å². The molecule has 20 heavy (non-hydrogen) atoms. The van der Waals surface area contributed by atoms with Gasteiger partial charge >= 0.3 is 6.09 Å². The van der Waals surface area contributed by atoms with E-state index in [1.807, 2.05) is 32.9 Å². The summed E-state index contributed by atoms with van der Waals surface area (Å²) in [5, 5.41) is 2.92. The second kappa shape index (κ2) is 6.15. The van der Waals surface area contributed by atoms with Gasteiger partial charge in [0.05, 0.1) is 9.61 Å². The zero-order valence-corrected chi connectivity index (χ0v) is 14.2. The molecule has 0 saturated carbocycles. The minimum absolute atomic E-state index is 0.114.